The lowest BCUT2D eigenvalue weighted by atomic mass is 9.72. The summed E-state index contributed by atoms with van der Waals surface area (Å²) in [5, 5.41) is 0. The highest BCUT2D eigenvalue weighted by Crippen LogP contribution is 2.41. The Morgan fingerprint density at radius 2 is 1.53 bits per heavy atom. The zero-order chi connectivity index (χ0) is 23.7. The monoisotopic (exact) mass is 446 g/mol. The van der Waals surface area contributed by atoms with Gasteiger partial charge in [0.25, 0.3) is 5.91 Å². The summed E-state index contributed by atoms with van der Waals surface area (Å²) in [6.07, 6.45) is -0.326. The van der Waals surface area contributed by atoms with Crippen molar-refractivity contribution in [2.45, 2.75) is 65.3 Å². The van der Waals surface area contributed by atoms with Gasteiger partial charge >= 0.3 is 13.2 Å². The zero-order valence-electron chi connectivity index (χ0n) is 20.0. The Balaban J connectivity index is 1.34. The van der Waals surface area contributed by atoms with Gasteiger partial charge in [0.2, 0.25) is 0 Å². The lowest BCUT2D eigenvalue weighted by molar-refractivity contribution is -0.0980. The summed E-state index contributed by atoms with van der Waals surface area (Å²) in [6, 6.07) is 4.43. The van der Waals surface area contributed by atoms with Crippen LogP contribution in [0, 0.1) is 11.2 Å². The number of halogens is 1. The Bertz CT molecular complexity index is 928. The summed E-state index contributed by atoms with van der Waals surface area (Å²) in [5.74, 6) is -0.741. The molecule has 0 unspecified atom stereocenters. The van der Waals surface area contributed by atoms with Crippen LogP contribution >= 0.6 is 0 Å². The molecule has 0 bridgehead atoms. The van der Waals surface area contributed by atoms with Crippen LogP contribution in [-0.2, 0) is 14.0 Å². The molecule has 0 atom stereocenters. The van der Waals surface area contributed by atoms with Gasteiger partial charge in [-0.1, -0.05) is 6.07 Å². The number of amides is 2. The molecular weight excluding hydrogens is 414 g/mol. The molecule has 3 aliphatic heterocycles. The van der Waals surface area contributed by atoms with Crippen molar-refractivity contribution in [1.82, 2.24) is 9.80 Å². The molecule has 1 aromatic carbocycles. The average molecular weight is 446 g/mol. The minimum atomic E-state index is -0.815. The molecule has 3 fully saturated rings. The highest BCUT2D eigenvalue weighted by atomic mass is 19.1. The number of carbonyl (C=O) groups is 2. The van der Waals surface area contributed by atoms with Crippen molar-refractivity contribution in [2.24, 2.45) is 5.41 Å². The van der Waals surface area contributed by atoms with Gasteiger partial charge in [0, 0.05) is 42.6 Å². The van der Waals surface area contributed by atoms with E-state index >= 15 is 0 Å². The first-order valence-corrected chi connectivity index (χ1v) is 11.0. The van der Waals surface area contributed by atoms with Crippen LogP contribution in [0.3, 0.4) is 0 Å². The van der Waals surface area contributed by atoms with Crippen molar-refractivity contribution < 1.29 is 28.0 Å². The van der Waals surface area contributed by atoms with Crippen molar-refractivity contribution in [1.29, 1.82) is 0 Å². The van der Waals surface area contributed by atoms with Gasteiger partial charge in [-0.2, -0.15) is 0 Å². The summed E-state index contributed by atoms with van der Waals surface area (Å²) in [6.45, 7) is 15.4. The van der Waals surface area contributed by atoms with Crippen molar-refractivity contribution in [2.75, 3.05) is 26.2 Å². The number of nitrogens with zero attached hydrogens (tertiary/aromatic N) is 2. The number of hydrogen-bond donors (Lipinski definition) is 0. The first kappa shape index (κ1) is 23.0. The highest BCUT2D eigenvalue weighted by Gasteiger charge is 2.55. The number of ether oxygens (including phenoxy) is 1. The van der Waals surface area contributed by atoms with Gasteiger partial charge in [-0.3, -0.25) is 4.79 Å². The Kier molecular flexibility index (Phi) is 5.18. The smallest absolute Gasteiger partial charge is 0.444 e. The first-order valence-electron chi connectivity index (χ1n) is 11.0. The Morgan fingerprint density at radius 1 is 1.00 bits per heavy atom. The third-order valence-electron chi connectivity index (χ3n) is 6.80. The summed E-state index contributed by atoms with van der Waals surface area (Å²) < 4.78 is 32.1. The maximum atomic E-state index is 14.9. The van der Waals surface area contributed by atoms with Crippen LogP contribution in [0.5, 0.6) is 0 Å². The summed E-state index contributed by atoms with van der Waals surface area (Å²) in [4.78, 5) is 28.3. The van der Waals surface area contributed by atoms with Crippen molar-refractivity contribution >= 4 is 24.6 Å². The second kappa shape index (κ2) is 7.19. The van der Waals surface area contributed by atoms with E-state index in [9.17, 15) is 14.0 Å². The van der Waals surface area contributed by atoms with Gasteiger partial charge in [0.1, 0.15) is 11.4 Å². The molecule has 0 N–H and O–H groups in total. The summed E-state index contributed by atoms with van der Waals surface area (Å²) in [5.41, 5.74) is -1.17. The van der Waals surface area contributed by atoms with Crippen LogP contribution < -0.4 is 5.46 Å². The van der Waals surface area contributed by atoms with Crippen molar-refractivity contribution in [3.05, 3.63) is 29.6 Å². The van der Waals surface area contributed by atoms with Gasteiger partial charge in [0.05, 0.1) is 11.2 Å². The number of rotatable bonds is 2. The fourth-order valence-electron chi connectivity index (χ4n) is 4.33. The van der Waals surface area contributed by atoms with Crippen LogP contribution in [0.2, 0.25) is 0 Å². The van der Waals surface area contributed by atoms with Gasteiger partial charge < -0.3 is 23.8 Å². The van der Waals surface area contributed by atoms with Gasteiger partial charge in [-0.15, -0.1) is 0 Å². The Labute approximate surface area is 189 Å². The lowest BCUT2D eigenvalue weighted by Gasteiger charge is -2.59. The van der Waals surface area contributed by atoms with Crippen LogP contribution in [-0.4, -0.2) is 71.9 Å². The molecule has 3 saturated heterocycles. The molecule has 4 rings (SSSR count). The molecule has 9 heteroatoms. The maximum Gasteiger partial charge on any atom is 0.497 e. The molecule has 7 nitrogen and oxygen atoms in total. The molecule has 3 aliphatic rings. The Morgan fingerprint density at radius 3 is 2.03 bits per heavy atom. The van der Waals surface area contributed by atoms with E-state index in [1.54, 1.807) is 21.9 Å². The van der Waals surface area contributed by atoms with E-state index in [-0.39, 0.29) is 22.9 Å². The second-order valence-corrected chi connectivity index (χ2v) is 11.3. The fraction of sp³-hybridized carbons (Fsp3) is 0.652. The van der Waals surface area contributed by atoms with E-state index in [0.717, 1.165) is 0 Å². The molecular formula is C23H32BFN2O5. The quantitative estimate of drug-likeness (QED) is 0.654. The number of benzene rings is 1. The molecule has 1 spiro atoms. The van der Waals surface area contributed by atoms with Crippen LogP contribution in [0.15, 0.2) is 18.2 Å². The van der Waals surface area contributed by atoms with E-state index in [1.165, 1.54) is 6.07 Å². The zero-order valence-corrected chi connectivity index (χ0v) is 20.0. The third-order valence-corrected chi connectivity index (χ3v) is 6.80. The number of likely N-dealkylation sites (tertiary alicyclic amines) is 2. The minimum Gasteiger partial charge on any atom is -0.444 e. The normalized spacial score (nSPS) is 23.1. The minimum absolute atomic E-state index is 0.0757. The fourth-order valence-corrected chi connectivity index (χ4v) is 4.33. The summed E-state index contributed by atoms with van der Waals surface area (Å²) in [7, 11) is -0.815. The molecule has 0 radical (unpaired) electrons. The van der Waals surface area contributed by atoms with Gasteiger partial charge in [0.15, 0.2) is 0 Å². The van der Waals surface area contributed by atoms with E-state index in [2.05, 4.69) is 0 Å². The van der Waals surface area contributed by atoms with Crippen LogP contribution in [0.25, 0.3) is 0 Å². The second-order valence-electron chi connectivity index (χ2n) is 11.3. The molecule has 1 aromatic rings. The van der Waals surface area contributed by atoms with Crippen molar-refractivity contribution in [3.63, 3.8) is 0 Å². The van der Waals surface area contributed by atoms with E-state index in [1.807, 2.05) is 48.5 Å². The largest absolute Gasteiger partial charge is 0.497 e. The molecule has 0 aromatic heterocycles. The van der Waals surface area contributed by atoms with Crippen LogP contribution in [0.4, 0.5) is 9.18 Å². The SMILES string of the molecule is CC(C)(C)OC(=O)N1CC2(C1)CN(C(=O)c1ccc(B3OC(C)(C)C(C)(C)O3)c(F)c1)C2. The summed E-state index contributed by atoms with van der Waals surface area (Å²) >= 11 is 0. The van der Waals surface area contributed by atoms with E-state index in [0.29, 0.717) is 31.7 Å². The highest BCUT2D eigenvalue weighted by molar-refractivity contribution is 6.62. The molecule has 0 aliphatic carbocycles. The predicted octanol–water partition coefficient (Wildman–Crippen LogP) is 2.82. The molecule has 2 amide bonds. The maximum absolute atomic E-state index is 14.9. The number of hydrogen-bond acceptors (Lipinski definition) is 5. The predicted molar refractivity (Wildman–Crippen MR) is 118 cm³/mol. The Hall–Kier alpha value is -2.13. The molecule has 0 saturated carbocycles. The van der Waals surface area contributed by atoms with E-state index in [4.69, 9.17) is 14.0 Å². The molecule has 32 heavy (non-hydrogen) atoms. The van der Waals surface area contributed by atoms with Gasteiger partial charge in [-0.25, -0.2) is 9.18 Å². The standard InChI is InChI=1S/C23H32BFN2O5/c1-20(2,3)30-19(29)27-13-23(14-27)11-26(12-23)18(28)15-8-9-16(17(25)10-15)24-31-21(4,5)22(6,7)32-24/h8-10H,11-14H2,1-7H3. The topological polar surface area (TPSA) is 68.3 Å². The van der Waals surface area contributed by atoms with Crippen LogP contribution in [0.1, 0.15) is 58.8 Å². The first-order chi connectivity index (χ1) is 14.6. The third kappa shape index (κ3) is 4.01. The molecule has 174 valence electrons. The lowest BCUT2D eigenvalue weighted by Crippen LogP contribution is -2.73. The average Bonchev–Trinajstić information content (AvgIpc) is 2.77. The van der Waals surface area contributed by atoms with Gasteiger partial charge in [-0.05, 0) is 60.6 Å². The van der Waals surface area contributed by atoms with Crippen molar-refractivity contribution in [3.8, 4) is 0 Å². The number of carbonyl (C=O) groups excluding carboxylic acids is 2. The van der Waals surface area contributed by atoms with E-state index < -0.39 is 29.7 Å². The molecule has 3 heterocycles.